The summed E-state index contributed by atoms with van der Waals surface area (Å²) in [6.07, 6.45) is 11.4. The largest absolute Gasteiger partial charge is 0.462 e. The van der Waals surface area contributed by atoms with Gasteiger partial charge in [-0.3, -0.25) is 0 Å². The highest BCUT2D eigenvalue weighted by Crippen LogP contribution is 2.72. The van der Waals surface area contributed by atoms with Crippen LogP contribution in [0, 0.1) is 10.8 Å². The summed E-state index contributed by atoms with van der Waals surface area (Å²) >= 11 is 0. The van der Waals surface area contributed by atoms with Gasteiger partial charge in [0.1, 0.15) is 31.0 Å². The highest BCUT2D eigenvalue weighted by molar-refractivity contribution is 5.85. The number of epoxide rings is 1. The quantitative estimate of drug-likeness (QED) is 0.0718. The molecule has 2 bridgehead atoms. The van der Waals surface area contributed by atoms with E-state index in [2.05, 4.69) is 19.9 Å². The standard InChI is InChI=1S/C35H46O11/c1-22-9-12-34(20-43-31(39)16-23(2)10-13-36)28(15-22)45-29-18-27(33(34,4)35(29)21-44-35)46-30(38)8-6-5-7-26(24(3)37)41-14-11-25-17-32(40)42-19-25/h5-8,15-17,24,26-29,36-37H,9-14,18-21H2,1-4H3/b7-5+,8-6-,23-16+/t24-,26?,27-,28-,29-,33-,34-,35+/m1/s1. The van der Waals surface area contributed by atoms with Gasteiger partial charge in [0.15, 0.2) is 0 Å². The number of fused-ring (bicyclic) bond motifs is 2. The fraction of sp³-hybridized carbons (Fsp3) is 0.629. The number of hydrogen-bond donors (Lipinski definition) is 2. The van der Waals surface area contributed by atoms with Gasteiger partial charge in [-0.15, -0.1) is 0 Å². The van der Waals surface area contributed by atoms with E-state index < -0.39 is 46.7 Å². The molecule has 3 aliphatic heterocycles. The molecule has 46 heavy (non-hydrogen) atoms. The van der Waals surface area contributed by atoms with Crippen LogP contribution < -0.4 is 0 Å². The number of hydrogen-bond acceptors (Lipinski definition) is 11. The maximum absolute atomic E-state index is 13.2. The molecule has 0 aromatic heterocycles. The van der Waals surface area contributed by atoms with E-state index in [0.29, 0.717) is 38.9 Å². The molecule has 2 aliphatic carbocycles. The van der Waals surface area contributed by atoms with Crippen LogP contribution in [0.25, 0.3) is 0 Å². The van der Waals surface area contributed by atoms with Gasteiger partial charge in [-0.1, -0.05) is 42.4 Å². The van der Waals surface area contributed by atoms with Crippen molar-refractivity contribution in [1.82, 2.24) is 0 Å². The van der Waals surface area contributed by atoms with Gasteiger partial charge >= 0.3 is 17.9 Å². The number of carbonyl (C=O) groups excluding carboxylic acids is 3. The predicted molar refractivity (Wildman–Crippen MR) is 165 cm³/mol. The highest BCUT2D eigenvalue weighted by atomic mass is 16.6. The molecule has 0 aromatic rings. The van der Waals surface area contributed by atoms with Crippen LogP contribution >= 0.6 is 0 Å². The lowest BCUT2D eigenvalue weighted by Crippen LogP contribution is -2.66. The number of aliphatic hydroxyl groups is 2. The van der Waals surface area contributed by atoms with Gasteiger partial charge in [0.25, 0.3) is 0 Å². The smallest absolute Gasteiger partial charge is 0.331 e. The molecule has 11 heteroatoms. The summed E-state index contributed by atoms with van der Waals surface area (Å²) in [6, 6.07) is 0. The Hall–Kier alpha value is -3.09. The van der Waals surface area contributed by atoms with Crippen LogP contribution in [0.4, 0.5) is 0 Å². The molecule has 3 heterocycles. The van der Waals surface area contributed by atoms with Crippen molar-refractivity contribution in [3.8, 4) is 0 Å². The molecule has 8 atom stereocenters. The molecule has 252 valence electrons. The summed E-state index contributed by atoms with van der Waals surface area (Å²) in [5.41, 5.74) is 0.749. The van der Waals surface area contributed by atoms with Crippen LogP contribution in [0.2, 0.25) is 0 Å². The number of rotatable bonds is 14. The Balaban J connectivity index is 1.27. The van der Waals surface area contributed by atoms with Gasteiger partial charge in [-0.05, 0) is 52.0 Å². The first-order valence-corrected chi connectivity index (χ1v) is 16.1. The second-order valence-corrected chi connectivity index (χ2v) is 13.3. The number of esters is 3. The number of ether oxygens (including phenoxy) is 6. The SMILES string of the molecule is CC1=C[C@H]2O[C@@H]3C[C@@H](OC(=O)/C=C\C=C\C(OCCC4=CC(=O)OC4)[C@@H](C)O)[C@](C)([C@@]2(COC(=O)/C=C(\C)CCO)CC1)[C@]31CO1. The van der Waals surface area contributed by atoms with Crippen molar-refractivity contribution in [2.45, 2.75) is 95.9 Å². The minimum Gasteiger partial charge on any atom is -0.462 e. The first-order valence-electron chi connectivity index (χ1n) is 16.1. The molecule has 3 fully saturated rings. The predicted octanol–water partition coefficient (Wildman–Crippen LogP) is 3.19. The van der Waals surface area contributed by atoms with Gasteiger partial charge in [0.2, 0.25) is 0 Å². The van der Waals surface area contributed by atoms with Crippen LogP contribution in [0.1, 0.15) is 59.8 Å². The van der Waals surface area contributed by atoms with E-state index in [0.717, 1.165) is 17.6 Å². The third-order valence-electron chi connectivity index (χ3n) is 10.4. The molecular formula is C35H46O11. The topological polar surface area (TPSA) is 150 Å². The third-order valence-corrected chi connectivity index (χ3v) is 10.4. The number of cyclic esters (lactones) is 1. The second-order valence-electron chi connectivity index (χ2n) is 13.3. The van der Waals surface area contributed by atoms with Gasteiger partial charge in [0.05, 0.1) is 36.9 Å². The van der Waals surface area contributed by atoms with Crippen LogP contribution in [0.3, 0.4) is 0 Å². The molecule has 0 radical (unpaired) electrons. The van der Waals surface area contributed by atoms with Crippen molar-refractivity contribution >= 4 is 17.9 Å². The van der Waals surface area contributed by atoms with Crippen molar-refractivity contribution in [2.75, 3.05) is 33.0 Å². The van der Waals surface area contributed by atoms with Crippen molar-refractivity contribution in [2.24, 2.45) is 10.8 Å². The molecule has 5 rings (SSSR count). The van der Waals surface area contributed by atoms with Crippen LogP contribution in [-0.2, 0) is 42.8 Å². The lowest BCUT2D eigenvalue weighted by atomic mass is 9.51. The number of aliphatic hydroxyl groups excluding tert-OH is 2. The molecule has 1 unspecified atom stereocenters. The Morgan fingerprint density at radius 1 is 1.24 bits per heavy atom. The lowest BCUT2D eigenvalue weighted by molar-refractivity contribution is -0.232. The summed E-state index contributed by atoms with van der Waals surface area (Å²) in [4.78, 5) is 37.2. The van der Waals surface area contributed by atoms with E-state index in [1.165, 1.54) is 23.8 Å². The molecule has 11 nitrogen and oxygen atoms in total. The summed E-state index contributed by atoms with van der Waals surface area (Å²) in [6.45, 7) is 8.59. The van der Waals surface area contributed by atoms with Crippen molar-refractivity contribution in [3.05, 3.63) is 59.3 Å². The zero-order valence-electron chi connectivity index (χ0n) is 27.1. The first-order chi connectivity index (χ1) is 21.9. The molecule has 5 aliphatic rings. The number of allylic oxidation sites excluding steroid dienone is 3. The Labute approximate surface area is 269 Å². The van der Waals surface area contributed by atoms with Crippen molar-refractivity contribution in [1.29, 1.82) is 0 Å². The van der Waals surface area contributed by atoms with E-state index in [4.69, 9.17) is 28.4 Å². The van der Waals surface area contributed by atoms with E-state index in [9.17, 15) is 24.6 Å². The molecule has 0 aromatic carbocycles. The Bertz CT molecular complexity index is 1340. The summed E-state index contributed by atoms with van der Waals surface area (Å²) in [5.74, 6) is -1.37. The number of carbonyl (C=O) groups is 3. The highest BCUT2D eigenvalue weighted by Gasteiger charge is 2.83. The molecule has 2 N–H and O–H groups in total. The summed E-state index contributed by atoms with van der Waals surface area (Å²) < 4.78 is 35.5. The maximum Gasteiger partial charge on any atom is 0.331 e. The summed E-state index contributed by atoms with van der Waals surface area (Å²) in [5, 5.41) is 19.3. The van der Waals surface area contributed by atoms with Gasteiger partial charge in [-0.25, -0.2) is 14.4 Å². The zero-order valence-corrected chi connectivity index (χ0v) is 27.1. The molecule has 1 spiro atoms. The Kier molecular flexibility index (Phi) is 10.4. The van der Waals surface area contributed by atoms with E-state index in [1.807, 2.05) is 0 Å². The minimum absolute atomic E-state index is 0.0517. The van der Waals surface area contributed by atoms with Gasteiger partial charge < -0.3 is 38.6 Å². The average Bonchev–Trinajstić information content (AvgIpc) is 3.67. The fourth-order valence-electron chi connectivity index (χ4n) is 7.55. The normalized spacial score (nSPS) is 34.7. The van der Waals surface area contributed by atoms with Gasteiger partial charge in [-0.2, -0.15) is 0 Å². The molecule has 1 saturated carbocycles. The van der Waals surface area contributed by atoms with Crippen LogP contribution in [-0.4, -0.2) is 97.3 Å². The Morgan fingerprint density at radius 2 is 2.02 bits per heavy atom. The van der Waals surface area contributed by atoms with Crippen molar-refractivity contribution < 1.29 is 53.0 Å². The Morgan fingerprint density at radius 3 is 2.70 bits per heavy atom. The minimum atomic E-state index is -0.792. The first kappa shape index (κ1) is 34.3. The van der Waals surface area contributed by atoms with E-state index in [1.54, 1.807) is 32.1 Å². The monoisotopic (exact) mass is 642 g/mol. The molecule has 2 saturated heterocycles. The second kappa shape index (κ2) is 13.9. The third kappa shape index (κ3) is 6.66. The van der Waals surface area contributed by atoms with Crippen molar-refractivity contribution in [3.63, 3.8) is 0 Å². The van der Waals surface area contributed by atoms with E-state index >= 15 is 0 Å². The molecular weight excluding hydrogens is 596 g/mol. The van der Waals surface area contributed by atoms with E-state index in [-0.39, 0.29) is 38.0 Å². The van der Waals surface area contributed by atoms with Crippen LogP contribution in [0.5, 0.6) is 0 Å². The maximum atomic E-state index is 13.2. The molecule has 0 amide bonds. The zero-order chi connectivity index (χ0) is 33.1. The van der Waals surface area contributed by atoms with Crippen LogP contribution in [0.15, 0.2) is 59.3 Å². The average molecular weight is 643 g/mol. The summed E-state index contributed by atoms with van der Waals surface area (Å²) in [7, 11) is 0. The lowest BCUT2D eigenvalue weighted by Gasteiger charge is -2.58. The van der Waals surface area contributed by atoms with Gasteiger partial charge in [0, 0.05) is 36.7 Å². The fourth-order valence-corrected chi connectivity index (χ4v) is 7.55.